The molecule has 111 heavy (non-hydrogen) atoms. The Morgan fingerprint density at radius 1 is 0.514 bits per heavy atom. The van der Waals surface area contributed by atoms with Crippen molar-refractivity contribution in [2.45, 2.75) is 397 Å². The lowest BCUT2D eigenvalue weighted by atomic mass is 9.88. The van der Waals surface area contributed by atoms with Gasteiger partial charge in [0.05, 0.1) is 76.6 Å². The van der Waals surface area contributed by atoms with Crippen LogP contribution in [0.4, 0.5) is 0 Å². The van der Waals surface area contributed by atoms with Crippen LogP contribution in [0.25, 0.3) is 0 Å². The Hall–Kier alpha value is -3.65. The van der Waals surface area contributed by atoms with E-state index < -0.39 is 240 Å². The van der Waals surface area contributed by atoms with Gasteiger partial charge in [-0.2, -0.15) is 0 Å². The van der Waals surface area contributed by atoms with Crippen molar-refractivity contribution in [2.75, 3.05) is 53.9 Å². The van der Waals surface area contributed by atoms with Crippen molar-refractivity contribution in [3.63, 3.8) is 0 Å². The molecule has 4 aliphatic rings. The molecule has 4 heterocycles. The zero-order valence-corrected chi connectivity index (χ0v) is 65.9. The zero-order valence-electron chi connectivity index (χ0n) is 65.9. The molecule has 0 aromatic carbocycles. The van der Waals surface area contributed by atoms with Crippen LogP contribution < -0.4 is 16.0 Å². The largest absolute Gasteiger partial charge is 0.477 e. The first kappa shape index (κ1) is 99.7. The number of unbranched alkanes of at least 4 members (excludes halogenated alkanes) is 28. The monoisotopic (exact) mass is 1610 g/mol. The van der Waals surface area contributed by atoms with Crippen LogP contribution >= 0.6 is 0 Å². The molecule has 0 aromatic heterocycles. The van der Waals surface area contributed by atoms with Gasteiger partial charge in [0.25, 0.3) is 11.6 Å². The highest BCUT2D eigenvalue weighted by molar-refractivity contribution is 5.82. The number of amides is 3. The number of esters is 1. The molecule has 4 fully saturated rings. The van der Waals surface area contributed by atoms with E-state index in [9.17, 15) is 111 Å². The number of carbonyl (C=O) groups is 5. The van der Waals surface area contributed by atoms with E-state index in [0.717, 1.165) is 85.4 Å². The van der Waals surface area contributed by atoms with Crippen molar-refractivity contribution >= 4 is 29.7 Å². The number of rotatable bonds is 59. The van der Waals surface area contributed by atoms with E-state index >= 15 is 0 Å². The van der Waals surface area contributed by atoms with Crippen LogP contribution in [-0.2, 0) is 71.3 Å². The lowest BCUT2D eigenvalue weighted by Crippen LogP contribution is -2.71. The molecule has 35 heteroatoms. The summed E-state index contributed by atoms with van der Waals surface area (Å²) in [6, 6.07) is -5.01. The van der Waals surface area contributed by atoms with Gasteiger partial charge in [0.15, 0.2) is 12.6 Å². The number of carbonyl (C=O) groups excluding carboxylic acids is 4. The van der Waals surface area contributed by atoms with Gasteiger partial charge in [-0.1, -0.05) is 206 Å². The van der Waals surface area contributed by atoms with Crippen molar-refractivity contribution in [2.24, 2.45) is 0 Å². The van der Waals surface area contributed by atoms with Crippen molar-refractivity contribution in [1.82, 2.24) is 16.0 Å². The summed E-state index contributed by atoms with van der Waals surface area (Å²) in [7, 11) is 1.96. The number of carboxylic acids is 1. The molecule has 0 unspecified atom stereocenters. The molecule has 3 amide bonds. The van der Waals surface area contributed by atoms with Crippen LogP contribution in [0.1, 0.15) is 239 Å². The van der Waals surface area contributed by atoms with Crippen LogP contribution in [0, 0.1) is 0 Å². The Kier molecular flexibility index (Phi) is 48.2. The Balaban J connectivity index is 1.45. The highest BCUT2D eigenvalue weighted by Gasteiger charge is 2.62. The summed E-state index contributed by atoms with van der Waals surface area (Å²) in [4.78, 5) is 66.7. The van der Waals surface area contributed by atoms with Crippen LogP contribution in [0.2, 0.25) is 0 Å². The molecular weight excluding hydrogens is 1470 g/mol. The molecule has 4 saturated heterocycles. The second-order valence-electron chi connectivity index (χ2n) is 30.4. The average Bonchev–Trinajstić information content (AvgIpc) is 0.758. The number of hydrogen-bond acceptors (Lipinski definition) is 31. The molecular formula is C76H139N3O32. The minimum Gasteiger partial charge on any atom is -0.477 e. The van der Waals surface area contributed by atoms with Crippen molar-refractivity contribution in [1.29, 1.82) is 0 Å². The van der Waals surface area contributed by atoms with Gasteiger partial charge in [-0.25, -0.2) is 9.59 Å². The predicted octanol–water partition coefficient (Wildman–Crippen LogP) is -0.220. The zero-order chi connectivity index (χ0) is 82.2. The first-order valence-corrected chi connectivity index (χ1v) is 40.7. The lowest BCUT2D eigenvalue weighted by Gasteiger charge is -2.50. The molecule has 0 saturated carbocycles. The number of nitrogens with one attached hydrogen (secondary N) is 3. The Morgan fingerprint density at radius 2 is 0.973 bits per heavy atom. The van der Waals surface area contributed by atoms with Gasteiger partial charge in [0.2, 0.25) is 17.7 Å². The second kappa shape index (κ2) is 53.6. The maximum absolute atomic E-state index is 13.9. The molecule has 0 radical (unpaired) electrons. The number of methoxy groups -OCH3 is 2. The summed E-state index contributed by atoms with van der Waals surface area (Å²) in [6.45, 7) is -0.877. The molecule has 4 aliphatic heterocycles. The van der Waals surface area contributed by atoms with Crippen molar-refractivity contribution in [3.05, 3.63) is 0 Å². The van der Waals surface area contributed by atoms with Gasteiger partial charge < -0.3 is 150 Å². The van der Waals surface area contributed by atoms with Gasteiger partial charge in [-0.05, 0) is 12.8 Å². The third kappa shape index (κ3) is 32.0. The molecule has 26 atom stereocenters. The molecule has 35 nitrogen and oxygen atoms in total. The van der Waals surface area contributed by atoms with Gasteiger partial charge in [-0.15, -0.1) is 0 Å². The van der Waals surface area contributed by atoms with Gasteiger partial charge in [0, 0.05) is 26.9 Å². The molecule has 650 valence electrons. The quantitative estimate of drug-likeness (QED) is 0.0276. The third-order valence-corrected chi connectivity index (χ3v) is 21.5. The molecule has 0 aliphatic carbocycles. The van der Waals surface area contributed by atoms with E-state index in [4.69, 9.17) is 47.4 Å². The number of carboxylic acid groups (broad SMARTS) is 1. The molecule has 0 spiro atoms. The number of aliphatic hydroxyl groups is 16. The van der Waals surface area contributed by atoms with E-state index in [0.29, 0.717) is 12.8 Å². The second-order valence-corrected chi connectivity index (χ2v) is 30.4. The fourth-order valence-electron chi connectivity index (χ4n) is 14.8. The van der Waals surface area contributed by atoms with Gasteiger partial charge in [-0.3, -0.25) is 14.4 Å². The van der Waals surface area contributed by atoms with E-state index in [1.165, 1.54) is 116 Å². The molecule has 20 N–H and O–H groups in total. The summed E-state index contributed by atoms with van der Waals surface area (Å²) in [5.74, 6) is -12.7. The minimum absolute atomic E-state index is 0.0925. The first-order chi connectivity index (χ1) is 53.1. The number of hydrogen-bond donors (Lipinski definition) is 20. The normalized spacial score (nSPS) is 30.6. The minimum atomic E-state index is -3.37. The Bertz CT molecular complexity index is 2550. The number of aliphatic carboxylic acids is 1. The average molecular weight is 1610 g/mol. The third-order valence-electron chi connectivity index (χ3n) is 21.5. The standard InChI is InChI=1S/C76H139N3O32/c1-6-8-10-12-14-16-18-19-20-21-22-23-24-25-27-29-31-33-35-37-49(86)70(98)78-47(59(91)48(85)36-34-32-30-28-26-17-15-13-11-9-7-2)44-104-71-64(96)63(95)66(55(43-83)107-71)108-72-65(97)69(62(94)54(42-82)106-72)111-75(73(99)100)38-50(87)58(67(109-75)60(92)52(89)40-80)79-56(90)45-105-76(74(101)103-5)39-51(88)57(77-46(3)84)68(110-76)61(93)53(41-81)102-4/h47-55,57-69,71-72,80-83,85-89,91-97H,6-45H2,1-5H3,(H,77,84)(H,78,98)(H,79,90)(H,99,100)/t47-,48+,49+,50-,51-,52+,53+,54+,55+,57+,58+,59-,60+,61+,62-,63+,64+,65+,66+,67+,68+,69-,71+,72-,75-,76+/m0/s1. The summed E-state index contributed by atoms with van der Waals surface area (Å²) in [5.41, 5.74) is 0. The fourth-order valence-corrected chi connectivity index (χ4v) is 14.8. The topological polar surface area (TPSA) is 558 Å². The van der Waals surface area contributed by atoms with E-state index in [-0.39, 0.29) is 12.8 Å². The molecule has 4 rings (SSSR count). The molecule has 0 aromatic rings. The number of ether oxygens (including phenoxy) is 10. The fraction of sp³-hybridized carbons (Fsp3) is 0.934. The number of aliphatic hydroxyl groups excluding tert-OH is 16. The van der Waals surface area contributed by atoms with E-state index in [2.05, 4.69) is 29.8 Å². The SMILES string of the molecule is CCCCCCCCCCCCCCCCCCCCC[C@@H](O)C(=O)N[C@@H](CO[C@@H]1O[C@H](CO)[C@@H](O[C@@H]2O[C@H](CO)[C@H](O)[C@H](O[C@]3(C(=O)O)C[C@H](O)[C@@H](NC(=O)CO[C@]4(C(=O)OC)C[C@H](O)[C@@H](NC(C)=O)[C@H]([C@H](O)[C@@H](CO)OC)O4)[C@H]([C@H](O)[C@H](O)CO)O3)[C@H]2O)[C@H](O)[C@H]1O)[C@H](O)[C@H](O)CCCCCCCCCCCCC. The van der Waals surface area contributed by atoms with E-state index in [1.54, 1.807) is 0 Å². The first-order valence-electron chi connectivity index (χ1n) is 40.7. The van der Waals surface area contributed by atoms with Gasteiger partial charge >= 0.3 is 11.9 Å². The van der Waals surface area contributed by atoms with Crippen molar-refractivity contribution < 1.29 is 158 Å². The maximum Gasteiger partial charge on any atom is 0.366 e. The summed E-state index contributed by atoms with van der Waals surface area (Å²) >= 11 is 0. The smallest absolute Gasteiger partial charge is 0.366 e. The summed E-state index contributed by atoms with van der Waals surface area (Å²) < 4.78 is 56.4. The highest BCUT2D eigenvalue weighted by Crippen LogP contribution is 2.40. The van der Waals surface area contributed by atoms with E-state index in [1.807, 2.05) is 0 Å². The van der Waals surface area contributed by atoms with Crippen LogP contribution in [0.5, 0.6) is 0 Å². The van der Waals surface area contributed by atoms with Crippen LogP contribution in [-0.4, -0.2) is 329 Å². The summed E-state index contributed by atoms with van der Waals surface area (Å²) in [6.07, 6.45) is -10.6. The van der Waals surface area contributed by atoms with Crippen molar-refractivity contribution in [3.8, 4) is 0 Å². The Morgan fingerprint density at radius 3 is 1.43 bits per heavy atom. The maximum atomic E-state index is 13.9. The lowest BCUT2D eigenvalue weighted by molar-refractivity contribution is -0.386. The predicted molar refractivity (Wildman–Crippen MR) is 395 cm³/mol. The highest BCUT2D eigenvalue weighted by atomic mass is 16.8. The molecule has 0 bridgehead atoms. The van der Waals surface area contributed by atoms with Gasteiger partial charge in [0.1, 0.15) is 104 Å². The van der Waals surface area contributed by atoms with Crippen LogP contribution in [0.15, 0.2) is 0 Å². The van der Waals surface area contributed by atoms with Crippen LogP contribution in [0.3, 0.4) is 0 Å². The Labute approximate surface area is 652 Å². The summed E-state index contributed by atoms with van der Waals surface area (Å²) in [5, 5.41) is 196.